The number of hydrogen-bond acceptors (Lipinski definition) is 5. The number of piperazine rings is 1. The number of nitrogens with one attached hydrogen (secondary N) is 1. The second-order valence-electron chi connectivity index (χ2n) is 4.89. The lowest BCUT2D eigenvalue weighted by molar-refractivity contribution is -0.149. The van der Waals surface area contributed by atoms with Gasteiger partial charge in [0.2, 0.25) is 11.8 Å². The first-order chi connectivity index (χ1) is 10.1. The minimum atomic E-state index is -0.443. The Morgan fingerprint density at radius 2 is 1.71 bits per heavy atom. The predicted molar refractivity (Wildman–Crippen MR) is 76.9 cm³/mol. The van der Waals surface area contributed by atoms with E-state index >= 15 is 0 Å². The maximum Gasteiger partial charge on any atom is 0.245 e. The molecule has 0 aliphatic carbocycles. The lowest BCUT2D eigenvalue weighted by atomic mass is 10.1. The van der Waals surface area contributed by atoms with Gasteiger partial charge in [-0.25, -0.2) is 0 Å². The van der Waals surface area contributed by atoms with E-state index in [1.165, 1.54) is 0 Å². The summed E-state index contributed by atoms with van der Waals surface area (Å²) in [6, 6.07) is -0.854. The summed E-state index contributed by atoms with van der Waals surface area (Å²) in [6.07, 6.45) is 0.599. The molecule has 7 nitrogen and oxygen atoms in total. The van der Waals surface area contributed by atoms with Gasteiger partial charge >= 0.3 is 0 Å². The average molecular weight is 302 g/mol. The third-order valence-corrected chi connectivity index (χ3v) is 3.43. The zero-order chi connectivity index (χ0) is 15.7. The van der Waals surface area contributed by atoms with Gasteiger partial charge in [0.25, 0.3) is 0 Å². The van der Waals surface area contributed by atoms with Crippen LogP contribution >= 0.6 is 0 Å². The predicted octanol–water partition coefficient (Wildman–Crippen LogP) is -0.208. The van der Waals surface area contributed by atoms with Crippen molar-refractivity contribution in [1.82, 2.24) is 10.2 Å². The average Bonchev–Trinajstić information content (AvgIpc) is 2.48. The van der Waals surface area contributed by atoms with Crippen molar-refractivity contribution in [2.75, 3.05) is 46.7 Å². The number of rotatable bonds is 10. The standard InChI is InChI=1S/C14H26N2O5/c1-4-12-14(18)16(11(2)13(17)15-12)5-6-20-9-10-21-8-7-19-3/h11-12H,4-10H2,1-3H3,(H,15,17). The van der Waals surface area contributed by atoms with Crippen molar-refractivity contribution in [3.05, 3.63) is 0 Å². The van der Waals surface area contributed by atoms with E-state index in [2.05, 4.69) is 5.32 Å². The molecule has 0 saturated carbocycles. The van der Waals surface area contributed by atoms with Crippen LogP contribution in [0.25, 0.3) is 0 Å². The summed E-state index contributed by atoms with van der Waals surface area (Å²) in [5.41, 5.74) is 0. The topological polar surface area (TPSA) is 77.1 Å². The molecule has 0 aromatic carbocycles. The molecule has 2 atom stereocenters. The molecule has 1 heterocycles. The van der Waals surface area contributed by atoms with Crippen molar-refractivity contribution in [2.24, 2.45) is 0 Å². The maximum absolute atomic E-state index is 12.2. The summed E-state index contributed by atoms with van der Waals surface area (Å²) in [5.74, 6) is -0.145. The molecule has 2 amide bonds. The van der Waals surface area contributed by atoms with Gasteiger partial charge in [-0.2, -0.15) is 0 Å². The highest BCUT2D eigenvalue weighted by Gasteiger charge is 2.36. The summed E-state index contributed by atoms with van der Waals surface area (Å²) in [4.78, 5) is 25.5. The van der Waals surface area contributed by atoms with Crippen molar-refractivity contribution in [3.63, 3.8) is 0 Å². The molecule has 1 N–H and O–H groups in total. The maximum atomic E-state index is 12.2. The van der Waals surface area contributed by atoms with Gasteiger partial charge in [0.05, 0.1) is 33.0 Å². The minimum Gasteiger partial charge on any atom is -0.382 e. The highest BCUT2D eigenvalue weighted by atomic mass is 16.5. The van der Waals surface area contributed by atoms with Crippen LogP contribution in [0.1, 0.15) is 20.3 Å². The third kappa shape index (κ3) is 5.61. The van der Waals surface area contributed by atoms with Crippen LogP contribution in [0.4, 0.5) is 0 Å². The van der Waals surface area contributed by atoms with E-state index in [0.29, 0.717) is 46.0 Å². The quantitative estimate of drug-likeness (QED) is 0.565. The molecule has 1 aliphatic heterocycles. The van der Waals surface area contributed by atoms with Crippen LogP contribution in [-0.4, -0.2) is 75.5 Å². The largest absolute Gasteiger partial charge is 0.382 e. The molecular formula is C14H26N2O5. The zero-order valence-electron chi connectivity index (χ0n) is 13.1. The van der Waals surface area contributed by atoms with Crippen LogP contribution in [-0.2, 0) is 23.8 Å². The molecule has 0 spiro atoms. The van der Waals surface area contributed by atoms with Gasteiger partial charge in [0.15, 0.2) is 0 Å². The molecule has 0 aromatic heterocycles. The number of nitrogens with zero attached hydrogens (tertiary/aromatic N) is 1. The fourth-order valence-corrected chi connectivity index (χ4v) is 2.09. The Morgan fingerprint density at radius 1 is 1.10 bits per heavy atom. The number of carbonyl (C=O) groups excluding carboxylic acids is 2. The van der Waals surface area contributed by atoms with Gasteiger partial charge in [0, 0.05) is 13.7 Å². The Labute approximate surface area is 125 Å². The van der Waals surface area contributed by atoms with E-state index in [4.69, 9.17) is 14.2 Å². The first-order valence-electron chi connectivity index (χ1n) is 7.37. The first kappa shape index (κ1) is 17.9. The monoisotopic (exact) mass is 302 g/mol. The number of carbonyl (C=O) groups is 2. The van der Waals surface area contributed by atoms with Crippen molar-refractivity contribution < 1.29 is 23.8 Å². The molecule has 7 heteroatoms. The Bertz CT molecular complexity index is 337. The zero-order valence-corrected chi connectivity index (χ0v) is 13.1. The van der Waals surface area contributed by atoms with E-state index in [9.17, 15) is 9.59 Å². The number of hydrogen-bond donors (Lipinski definition) is 1. The molecule has 1 aliphatic rings. The van der Waals surface area contributed by atoms with Crippen LogP contribution in [0.15, 0.2) is 0 Å². The van der Waals surface area contributed by atoms with Gasteiger partial charge in [0.1, 0.15) is 12.1 Å². The molecule has 122 valence electrons. The molecule has 2 unspecified atom stereocenters. The Hall–Kier alpha value is -1.18. The van der Waals surface area contributed by atoms with E-state index in [0.717, 1.165) is 0 Å². The van der Waals surface area contributed by atoms with Gasteiger partial charge in [-0.15, -0.1) is 0 Å². The second-order valence-corrected chi connectivity index (χ2v) is 4.89. The summed E-state index contributed by atoms with van der Waals surface area (Å²) < 4.78 is 15.5. The fraction of sp³-hybridized carbons (Fsp3) is 0.857. The van der Waals surface area contributed by atoms with Gasteiger partial charge < -0.3 is 24.4 Å². The second kappa shape index (κ2) is 9.70. The van der Waals surface area contributed by atoms with Crippen molar-refractivity contribution in [2.45, 2.75) is 32.4 Å². The van der Waals surface area contributed by atoms with Gasteiger partial charge in [-0.3, -0.25) is 9.59 Å². The van der Waals surface area contributed by atoms with E-state index in [1.54, 1.807) is 18.9 Å². The van der Waals surface area contributed by atoms with Crippen LogP contribution < -0.4 is 5.32 Å². The molecule has 1 fully saturated rings. The highest BCUT2D eigenvalue weighted by molar-refractivity contribution is 5.96. The highest BCUT2D eigenvalue weighted by Crippen LogP contribution is 2.11. The summed E-state index contributed by atoms with van der Waals surface area (Å²) in [6.45, 7) is 6.48. The fourth-order valence-electron chi connectivity index (χ4n) is 2.09. The molecule has 1 saturated heterocycles. The van der Waals surface area contributed by atoms with Gasteiger partial charge in [-0.1, -0.05) is 6.92 Å². The third-order valence-electron chi connectivity index (χ3n) is 3.43. The molecule has 0 aromatic rings. The van der Waals surface area contributed by atoms with Crippen LogP contribution in [0, 0.1) is 0 Å². The van der Waals surface area contributed by atoms with Crippen LogP contribution in [0.2, 0.25) is 0 Å². The minimum absolute atomic E-state index is 0.0375. The summed E-state index contributed by atoms with van der Waals surface area (Å²) in [5, 5.41) is 2.72. The normalized spacial score (nSPS) is 22.5. The smallest absolute Gasteiger partial charge is 0.245 e. The Balaban J connectivity index is 2.23. The van der Waals surface area contributed by atoms with Crippen molar-refractivity contribution in [3.8, 4) is 0 Å². The van der Waals surface area contributed by atoms with E-state index in [1.807, 2.05) is 6.92 Å². The van der Waals surface area contributed by atoms with Crippen molar-refractivity contribution in [1.29, 1.82) is 0 Å². The summed E-state index contributed by atoms with van der Waals surface area (Å²) >= 11 is 0. The number of methoxy groups -OCH3 is 1. The Morgan fingerprint density at radius 3 is 2.33 bits per heavy atom. The SMILES string of the molecule is CCC1NC(=O)C(C)N(CCOCCOCCOC)C1=O. The van der Waals surface area contributed by atoms with E-state index < -0.39 is 12.1 Å². The first-order valence-corrected chi connectivity index (χ1v) is 7.37. The molecule has 0 radical (unpaired) electrons. The molecule has 0 bridgehead atoms. The number of amides is 2. The lowest BCUT2D eigenvalue weighted by Gasteiger charge is -2.37. The molecule has 1 rings (SSSR count). The van der Waals surface area contributed by atoms with Crippen molar-refractivity contribution >= 4 is 11.8 Å². The lowest BCUT2D eigenvalue weighted by Crippen LogP contribution is -2.62. The Kier molecular flexibility index (Phi) is 8.26. The summed E-state index contributed by atoms with van der Waals surface area (Å²) in [7, 11) is 1.62. The van der Waals surface area contributed by atoms with E-state index in [-0.39, 0.29) is 11.8 Å². The number of ether oxygens (including phenoxy) is 3. The van der Waals surface area contributed by atoms with Crippen LogP contribution in [0.5, 0.6) is 0 Å². The van der Waals surface area contributed by atoms with Gasteiger partial charge in [-0.05, 0) is 13.3 Å². The molecule has 21 heavy (non-hydrogen) atoms. The molecular weight excluding hydrogens is 276 g/mol. The van der Waals surface area contributed by atoms with Crippen LogP contribution in [0.3, 0.4) is 0 Å².